The first-order valence-corrected chi connectivity index (χ1v) is 5.59. The van der Waals surface area contributed by atoms with E-state index in [4.69, 9.17) is 18.0 Å². The van der Waals surface area contributed by atoms with Gasteiger partial charge in [-0.1, -0.05) is 19.1 Å². The Balaban J connectivity index is 2.71. The summed E-state index contributed by atoms with van der Waals surface area (Å²) in [5.74, 6) is -0.521. The molecule has 0 bridgehead atoms. The predicted octanol–water partition coefficient (Wildman–Crippen LogP) is 0.335. The molecule has 5 nitrogen and oxygen atoms in total. The molecule has 1 aromatic rings. The Morgan fingerprint density at radius 3 is 2.82 bits per heavy atom. The number of rotatable bonds is 4. The fourth-order valence-electron chi connectivity index (χ4n) is 1.19. The molecule has 1 heterocycles. The molecule has 1 aromatic heterocycles. The lowest BCUT2D eigenvalue weighted by atomic mass is 10.1. The second-order valence-corrected chi connectivity index (χ2v) is 4.38. The quantitative estimate of drug-likeness (QED) is 0.675. The predicted molar refractivity (Wildman–Crippen MR) is 70.1 cm³/mol. The van der Waals surface area contributed by atoms with Crippen molar-refractivity contribution < 1.29 is 4.79 Å². The number of H-pyrrole nitrogens is 1. The van der Waals surface area contributed by atoms with E-state index in [-0.39, 0.29) is 16.9 Å². The van der Waals surface area contributed by atoms with E-state index in [0.717, 1.165) is 0 Å². The lowest BCUT2D eigenvalue weighted by molar-refractivity contribution is 0.0950. The summed E-state index contributed by atoms with van der Waals surface area (Å²) in [5.41, 5.74) is 5.92. The second-order valence-electron chi connectivity index (χ2n) is 3.91. The van der Waals surface area contributed by atoms with Crippen molar-refractivity contribution in [2.24, 2.45) is 11.7 Å². The Hall–Kier alpha value is -1.69. The molecule has 1 rings (SSSR count). The van der Waals surface area contributed by atoms with Gasteiger partial charge in [0.2, 0.25) is 0 Å². The highest BCUT2D eigenvalue weighted by atomic mass is 32.1. The van der Waals surface area contributed by atoms with E-state index < -0.39 is 5.91 Å². The lowest BCUT2D eigenvalue weighted by Gasteiger charge is -2.10. The number of nitrogens with two attached hydrogens (primary N) is 1. The summed E-state index contributed by atoms with van der Waals surface area (Å²) < 4.78 is 0. The number of amides is 1. The Kier molecular flexibility index (Phi) is 4.39. The molecule has 1 unspecified atom stereocenters. The van der Waals surface area contributed by atoms with Crippen LogP contribution in [0, 0.1) is 12.8 Å². The maximum absolute atomic E-state index is 11.7. The topological polar surface area (TPSA) is 88.0 Å². The van der Waals surface area contributed by atoms with E-state index in [1.54, 1.807) is 6.92 Å². The summed E-state index contributed by atoms with van der Waals surface area (Å²) in [5, 5.41) is 2.61. The zero-order valence-electron chi connectivity index (χ0n) is 9.74. The lowest BCUT2D eigenvalue weighted by Crippen LogP contribution is -2.35. The molecule has 1 amide bonds. The molecule has 0 radical (unpaired) electrons. The van der Waals surface area contributed by atoms with Gasteiger partial charge in [0.25, 0.3) is 5.91 Å². The van der Waals surface area contributed by atoms with Crippen molar-refractivity contribution in [2.75, 3.05) is 6.54 Å². The Morgan fingerprint density at radius 2 is 2.29 bits per heavy atom. The van der Waals surface area contributed by atoms with Crippen molar-refractivity contribution in [1.29, 1.82) is 0 Å². The maximum atomic E-state index is 11.7. The van der Waals surface area contributed by atoms with E-state index >= 15 is 0 Å². The molecule has 6 heteroatoms. The first kappa shape index (κ1) is 13.4. The van der Waals surface area contributed by atoms with Crippen molar-refractivity contribution in [3.63, 3.8) is 0 Å². The summed E-state index contributed by atoms with van der Waals surface area (Å²) >= 11 is 4.79. The third kappa shape index (κ3) is 3.67. The minimum Gasteiger partial charge on any atom is -0.393 e. The van der Waals surface area contributed by atoms with Gasteiger partial charge in [-0.3, -0.25) is 9.59 Å². The number of aryl methyl sites for hydroxylation is 1. The van der Waals surface area contributed by atoms with Crippen LogP contribution in [0.2, 0.25) is 0 Å². The number of aromatic amines is 1. The van der Waals surface area contributed by atoms with Crippen LogP contribution in [0.25, 0.3) is 0 Å². The highest BCUT2D eigenvalue weighted by Crippen LogP contribution is 1.95. The van der Waals surface area contributed by atoms with Gasteiger partial charge in [-0.05, 0) is 6.92 Å². The van der Waals surface area contributed by atoms with Crippen molar-refractivity contribution in [3.8, 4) is 0 Å². The molecule has 0 fully saturated rings. The summed E-state index contributed by atoms with van der Waals surface area (Å²) in [6, 6.07) is 1.38. The number of pyridine rings is 1. The molecule has 92 valence electrons. The van der Waals surface area contributed by atoms with Gasteiger partial charge in [0.15, 0.2) is 5.43 Å². The molecule has 1 atom stereocenters. The molecular formula is C11H15N3O2S. The van der Waals surface area contributed by atoms with Gasteiger partial charge in [0, 0.05) is 30.4 Å². The molecule has 0 aromatic carbocycles. The van der Waals surface area contributed by atoms with Gasteiger partial charge in [-0.15, -0.1) is 0 Å². The molecule has 0 saturated heterocycles. The third-order valence-electron chi connectivity index (χ3n) is 2.36. The van der Waals surface area contributed by atoms with Crippen LogP contribution < -0.4 is 16.5 Å². The fraction of sp³-hybridized carbons (Fsp3) is 0.364. The number of aromatic nitrogens is 1. The fourth-order valence-corrected chi connectivity index (χ4v) is 1.28. The van der Waals surface area contributed by atoms with E-state index in [9.17, 15) is 9.59 Å². The number of hydrogen-bond acceptors (Lipinski definition) is 3. The van der Waals surface area contributed by atoms with Crippen LogP contribution in [-0.4, -0.2) is 22.4 Å². The van der Waals surface area contributed by atoms with Crippen molar-refractivity contribution in [3.05, 3.63) is 33.7 Å². The van der Waals surface area contributed by atoms with E-state index in [2.05, 4.69) is 10.3 Å². The molecule has 0 aliphatic rings. The molecular weight excluding hydrogens is 238 g/mol. The Morgan fingerprint density at radius 1 is 1.65 bits per heavy atom. The summed E-state index contributed by atoms with van der Waals surface area (Å²) in [4.78, 5) is 26.4. The first-order chi connectivity index (χ1) is 7.91. The summed E-state index contributed by atoms with van der Waals surface area (Å²) in [6.07, 6.45) is 1.40. The maximum Gasteiger partial charge on any atom is 0.256 e. The van der Waals surface area contributed by atoms with E-state index in [0.29, 0.717) is 17.2 Å². The number of carbonyl (C=O) groups excluding carboxylic acids is 1. The minimum atomic E-state index is -0.422. The van der Waals surface area contributed by atoms with Gasteiger partial charge in [0.05, 0.1) is 4.99 Å². The van der Waals surface area contributed by atoms with Crippen LogP contribution in [0.3, 0.4) is 0 Å². The summed E-state index contributed by atoms with van der Waals surface area (Å²) in [7, 11) is 0. The third-order valence-corrected chi connectivity index (χ3v) is 2.76. The number of carbonyl (C=O) groups is 1. The van der Waals surface area contributed by atoms with E-state index in [1.165, 1.54) is 12.3 Å². The molecule has 4 N–H and O–H groups in total. The van der Waals surface area contributed by atoms with Gasteiger partial charge in [-0.2, -0.15) is 0 Å². The molecule has 17 heavy (non-hydrogen) atoms. The number of hydrogen-bond donors (Lipinski definition) is 3. The highest BCUT2D eigenvalue weighted by molar-refractivity contribution is 7.80. The Labute approximate surface area is 104 Å². The average Bonchev–Trinajstić information content (AvgIpc) is 2.25. The SMILES string of the molecule is Cc1cc(=O)c(C(=O)NCC(C)C(N)=S)c[nH]1. The van der Waals surface area contributed by atoms with Crippen LogP contribution in [0.1, 0.15) is 23.0 Å². The average molecular weight is 253 g/mol. The number of nitrogens with one attached hydrogen (secondary N) is 2. The zero-order valence-corrected chi connectivity index (χ0v) is 10.6. The molecule has 0 saturated carbocycles. The minimum absolute atomic E-state index is 0.0886. The highest BCUT2D eigenvalue weighted by Gasteiger charge is 2.12. The first-order valence-electron chi connectivity index (χ1n) is 5.18. The van der Waals surface area contributed by atoms with Crippen LogP contribution >= 0.6 is 12.2 Å². The molecule has 0 aliphatic heterocycles. The molecule has 0 spiro atoms. The van der Waals surface area contributed by atoms with E-state index in [1.807, 2.05) is 6.92 Å². The number of thiocarbonyl (C=S) groups is 1. The van der Waals surface area contributed by atoms with Crippen molar-refractivity contribution >= 4 is 23.1 Å². The monoisotopic (exact) mass is 253 g/mol. The van der Waals surface area contributed by atoms with Gasteiger partial charge >= 0.3 is 0 Å². The zero-order chi connectivity index (χ0) is 13.0. The standard InChI is InChI=1S/C11H15N3O2S/c1-6(10(12)17)4-14-11(16)8-5-13-7(2)3-9(8)15/h3,5-6H,4H2,1-2H3,(H2,12,17)(H,13,15)(H,14,16). The van der Waals surface area contributed by atoms with Crippen LogP contribution in [-0.2, 0) is 0 Å². The van der Waals surface area contributed by atoms with Crippen LogP contribution in [0.4, 0.5) is 0 Å². The largest absolute Gasteiger partial charge is 0.393 e. The normalized spacial score (nSPS) is 11.9. The van der Waals surface area contributed by atoms with Crippen LogP contribution in [0.15, 0.2) is 17.1 Å². The Bertz CT molecular complexity index is 496. The van der Waals surface area contributed by atoms with Crippen molar-refractivity contribution in [1.82, 2.24) is 10.3 Å². The van der Waals surface area contributed by atoms with Crippen molar-refractivity contribution in [2.45, 2.75) is 13.8 Å². The second kappa shape index (κ2) is 5.58. The molecule has 0 aliphatic carbocycles. The van der Waals surface area contributed by atoms with Gasteiger partial charge in [-0.25, -0.2) is 0 Å². The summed E-state index contributed by atoms with van der Waals surface area (Å²) in [6.45, 7) is 3.88. The van der Waals surface area contributed by atoms with Crippen LogP contribution in [0.5, 0.6) is 0 Å². The van der Waals surface area contributed by atoms with Gasteiger partial charge < -0.3 is 16.0 Å². The smallest absolute Gasteiger partial charge is 0.256 e. The van der Waals surface area contributed by atoms with Gasteiger partial charge in [0.1, 0.15) is 5.56 Å².